The summed E-state index contributed by atoms with van der Waals surface area (Å²) in [5.41, 5.74) is 0.119. The summed E-state index contributed by atoms with van der Waals surface area (Å²) in [7, 11) is 0. The number of hydrogen-bond donors (Lipinski definition) is 1. The first-order chi connectivity index (χ1) is 9.34. The molecule has 1 N–H and O–H groups in total. The van der Waals surface area contributed by atoms with E-state index in [0.29, 0.717) is 18.6 Å². The Morgan fingerprint density at radius 2 is 1.50 bits per heavy atom. The Morgan fingerprint density at radius 1 is 1.00 bits per heavy atom. The number of rotatable bonds is 7. The summed E-state index contributed by atoms with van der Waals surface area (Å²) in [4.78, 5) is 2.34. The molecule has 4 heteroatoms. The highest BCUT2D eigenvalue weighted by Crippen LogP contribution is 2.20. The van der Waals surface area contributed by atoms with Gasteiger partial charge in [-0.2, -0.15) is 0 Å². The summed E-state index contributed by atoms with van der Waals surface area (Å²) in [6.45, 7) is 12.0. The highest BCUT2D eigenvalue weighted by molar-refractivity contribution is 5.22. The third-order valence-electron chi connectivity index (χ3n) is 3.58. The summed E-state index contributed by atoms with van der Waals surface area (Å²) < 4.78 is 27.3. The van der Waals surface area contributed by atoms with Crippen molar-refractivity contribution in [2.75, 3.05) is 13.1 Å². The van der Waals surface area contributed by atoms with Gasteiger partial charge < -0.3 is 5.32 Å². The fourth-order valence-electron chi connectivity index (χ4n) is 2.55. The molecule has 2 nitrogen and oxygen atoms in total. The molecular formula is C16H26F2N2. The lowest BCUT2D eigenvalue weighted by Gasteiger charge is -2.31. The lowest BCUT2D eigenvalue weighted by molar-refractivity contribution is 0.174. The molecule has 0 radical (unpaired) electrons. The summed E-state index contributed by atoms with van der Waals surface area (Å²) in [5, 5.41) is 3.20. The van der Waals surface area contributed by atoms with Crippen LogP contribution in [0.15, 0.2) is 18.2 Å². The van der Waals surface area contributed by atoms with Crippen LogP contribution in [0.3, 0.4) is 0 Å². The Labute approximate surface area is 121 Å². The molecule has 114 valence electrons. The van der Waals surface area contributed by atoms with E-state index < -0.39 is 11.6 Å². The fraction of sp³-hybridized carbons (Fsp3) is 0.625. The van der Waals surface area contributed by atoms with Crippen LogP contribution in [-0.4, -0.2) is 30.1 Å². The van der Waals surface area contributed by atoms with Gasteiger partial charge in [0.05, 0.1) is 0 Å². The Bertz CT molecular complexity index is 391. The molecule has 0 aliphatic carbocycles. The third-order valence-corrected chi connectivity index (χ3v) is 3.58. The molecule has 1 rings (SSSR count). The van der Waals surface area contributed by atoms with Crippen LogP contribution in [0, 0.1) is 11.6 Å². The predicted molar refractivity (Wildman–Crippen MR) is 79.8 cm³/mol. The monoisotopic (exact) mass is 284 g/mol. The van der Waals surface area contributed by atoms with Crippen molar-refractivity contribution in [2.45, 2.75) is 52.7 Å². The number of hydrogen-bond acceptors (Lipinski definition) is 2. The number of benzene rings is 1. The van der Waals surface area contributed by atoms with Gasteiger partial charge in [0.25, 0.3) is 0 Å². The Balaban J connectivity index is 2.57. The number of halogens is 2. The van der Waals surface area contributed by atoms with E-state index in [9.17, 15) is 8.78 Å². The maximum Gasteiger partial charge on any atom is 0.130 e. The van der Waals surface area contributed by atoms with Crippen LogP contribution in [0.5, 0.6) is 0 Å². The minimum atomic E-state index is -0.491. The molecule has 0 aromatic heterocycles. The molecule has 0 spiro atoms. The standard InChI is InChI=1S/C16H26F2N2/c1-11(2)20(12(3)4)10-9-19-13(5)16-14(17)7-6-8-15(16)18/h6-8,11-13,19H,9-10H2,1-5H3. The molecule has 0 aliphatic heterocycles. The van der Waals surface area contributed by atoms with Gasteiger partial charge in [0, 0.05) is 36.8 Å². The third kappa shape index (κ3) is 4.53. The maximum atomic E-state index is 13.7. The first-order valence-electron chi connectivity index (χ1n) is 7.27. The molecule has 0 amide bonds. The number of nitrogens with zero attached hydrogens (tertiary/aromatic N) is 1. The summed E-state index contributed by atoms with van der Waals surface area (Å²) in [6.07, 6.45) is 0. The van der Waals surface area contributed by atoms with Crippen LogP contribution < -0.4 is 5.32 Å². The van der Waals surface area contributed by atoms with Gasteiger partial charge >= 0.3 is 0 Å². The zero-order chi connectivity index (χ0) is 15.3. The van der Waals surface area contributed by atoms with Crippen LogP contribution in [0.4, 0.5) is 8.78 Å². The summed E-state index contributed by atoms with van der Waals surface area (Å²) in [5.74, 6) is -0.982. The first-order valence-corrected chi connectivity index (χ1v) is 7.27. The van der Waals surface area contributed by atoms with Crippen LogP contribution in [0.25, 0.3) is 0 Å². The Hall–Kier alpha value is -1.00. The second kappa shape index (κ2) is 7.70. The summed E-state index contributed by atoms with van der Waals surface area (Å²) >= 11 is 0. The zero-order valence-corrected chi connectivity index (χ0v) is 13.1. The summed E-state index contributed by atoms with van der Waals surface area (Å²) in [6, 6.07) is 4.56. The van der Waals surface area contributed by atoms with E-state index in [2.05, 4.69) is 37.9 Å². The van der Waals surface area contributed by atoms with Crippen LogP contribution in [0.1, 0.15) is 46.2 Å². The first kappa shape index (κ1) is 17.1. The molecule has 20 heavy (non-hydrogen) atoms. The number of nitrogens with one attached hydrogen (secondary N) is 1. The zero-order valence-electron chi connectivity index (χ0n) is 13.1. The van der Waals surface area contributed by atoms with Gasteiger partial charge in [-0.3, -0.25) is 4.90 Å². The van der Waals surface area contributed by atoms with Crippen LogP contribution >= 0.6 is 0 Å². The van der Waals surface area contributed by atoms with Crippen molar-refractivity contribution in [3.05, 3.63) is 35.4 Å². The highest BCUT2D eigenvalue weighted by atomic mass is 19.1. The molecule has 0 fully saturated rings. The molecule has 1 unspecified atom stereocenters. The van der Waals surface area contributed by atoms with E-state index in [1.165, 1.54) is 18.2 Å². The van der Waals surface area contributed by atoms with E-state index in [4.69, 9.17) is 0 Å². The van der Waals surface area contributed by atoms with E-state index in [1.54, 1.807) is 6.92 Å². The van der Waals surface area contributed by atoms with Gasteiger partial charge in [-0.1, -0.05) is 6.07 Å². The quantitative estimate of drug-likeness (QED) is 0.820. The minimum Gasteiger partial charge on any atom is -0.309 e. The topological polar surface area (TPSA) is 15.3 Å². The van der Waals surface area contributed by atoms with Crippen molar-refractivity contribution in [1.82, 2.24) is 10.2 Å². The Morgan fingerprint density at radius 3 is 1.95 bits per heavy atom. The lowest BCUT2D eigenvalue weighted by Crippen LogP contribution is -2.41. The fourth-order valence-corrected chi connectivity index (χ4v) is 2.55. The van der Waals surface area contributed by atoms with Crippen LogP contribution in [0.2, 0.25) is 0 Å². The molecule has 0 saturated heterocycles. The normalized spacial score (nSPS) is 13.5. The van der Waals surface area contributed by atoms with Gasteiger partial charge in [-0.05, 0) is 46.8 Å². The van der Waals surface area contributed by atoms with Gasteiger partial charge in [0.15, 0.2) is 0 Å². The molecule has 1 aromatic rings. The minimum absolute atomic E-state index is 0.119. The predicted octanol–water partition coefficient (Wildman–Crippen LogP) is 3.73. The largest absolute Gasteiger partial charge is 0.309 e. The molecule has 0 saturated carbocycles. The molecule has 0 aliphatic rings. The van der Waals surface area contributed by atoms with Crippen molar-refractivity contribution in [1.29, 1.82) is 0 Å². The van der Waals surface area contributed by atoms with Crippen molar-refractivity contribution in [2.24, 2.45) is 0 Å². The molecule has 1 aromatic carbocycles. The molecule has 1 atom stereocenters. The second-order valence-corrected chi connectivity index (χ2v) is 5.74. The second-order valence-electron chi connectivity index (χ2n) is 5.74. The van der Waals surface area contributed by atoms with Crippen molar-refractivity contribution in [3.63, 3.8) is 0 Å². The van der Waals surface area contributed by atoms with Crippen molar-refractivity contribution >= 4 is 0 Å². The molecular weight excluding hydrogens is 258 g/mol. The molecule has 0 bridgehead atoms. The van der Waals surface area contributed by atoms with Gasteiger partial charge in [0.1, 0.15) is 11.6 Å². The van der Waals surface area contributed by atoms with Crippen molar-refractivity contribution in [3.8, 4) is 0 Å². The van der Waals surface area contributed by atoms with Gasteiger partial charge in [0.2, 0.25) is 0 Å². The van der Waals surface area contributed by atoms with E-state index in [1.807, 2.05) is 0 Å². The van der Waals surface area contributed by atoms with E-state index in [-0.39, 0.29) is 11.6 Å². The van der Waals surface area contributed by atoms with E-state index >= 15 is 0 Å². The smallest absolute Gasteiger partial charge is 0.130 e. The molecule has 0 heterocycles. The average Bonchev–Trinajstić information content (AvgIpc) is 2.33. The SMILES string of the molecule is CC(NCCN(C(C)C)C(C)C)c1c(F)cccc1F. The average molecular weight is 284 g/mol. The van der Waals surface area contributed by atoms with Crippen molar-refractivity contribution < 1.29 is 8.78 Å². The highest BCUT2D eigenvalue weighted by Gasteiger charge is 2.17. The lowest BCUT2D eigenvalue weighted by atomic mass is 10.1. The van der Waals surface area contributed by atoms with Gasteiger partial charge in [-0.25, -0.2) is 8.78 Å². The van der Waals surface area contributed by atoms with E-state index in [0.717, 1.165) is 6.54 Å². The maximum absolute atomic E-state index is 13.7. The van der Waals surface area contributed by atoms with Crippen LogP contribution in [-0.2, 0) is 0 Å². The Kier molecular flexibility index (Phi) is 6.56. The van der Waals surface area contributed by atoms with Gasteiger partial charge in [-0.15, -0.1) is 0 Å².